The molecule has 0 radical (unpaired) electrons. The Morgan fingerprint density at radius 2 is 1.75 bits per heavy atom. The highest BCUT2D eigenvalue weighted by Gasteiger charge is 2.13. The van der Waals surface area contributed by atoms with E-state index in [1.807, 2.05) is 13.8 Å². The first-order valence-electron chi connectivity index (χ1n) is 5.71. The number of rotatable bonds is 7. The molecule has 0 aromatic carbocycles. The Labute approximate surface area is 97.2 Å². The Balaban J connectivity index is 3.53. The molecule has 0 saturated carbocycles. The fourth-order valence-electron chi connectivity index (χ4n) is 1.31. The fraction of sp³-hybridized carbons (Fsp3) is 0.818. The maximum atomic E-state index is 11.5. The SMILES string of the molecule is CC(=O)NCCCNC(=O)[C@@H](N)CC(C)C. The molecule has 16 heavy (non-hydrogen) atoms. The minimum absolute atomic E-state index is 0.0529. The van der Waals surface area contributed by atoms with Crippen molar-refractivity contribution in [1.29, 1.82) is 0 Å². The third-order valence-corrected chi connectivity index (χ3v) is 2.09. The maximum absolute atomic E-state index is 11.5. The number of hydrogen-bond acceptors (Lipinski definition) is 3. The number of nitrogens with two attached hydrogens (primary N) is 1. The van der Waals surface area contributed by atoms with E-state index in [4.69, 9.17) is 5.73 Å². The second-order valence-corrected chi connectivity index (χ2v) is 4.36. The third kappa shape index (κ3) is 8.23. The van der Waals surface area contributed by atoms with Gasteiger partial charge in [-0.15, -0.1) is 0 Å². The molecule has 4 N–H and O–H groups in total. The van der Waals surface area contributed by atoms with E-state index in [9.17, 15) is 9.59 Å². The van der Waals surface area contributed by atoms with Crippen LogP contribution in [-0.2, 0) is 9.59 Å². The molecule has 94 valence electrons. The van der Waals surface area contributed by atoms with Gasteiger partial charge < -0.3 is 16.4 Å². The minimum atomic E-state index is -0.430. The van der Waals surface area contributed by atoms with Gasteiger partial charge in [0.25, 0.3) is 0 Å². The number of carbonyl (C=O) groups is 2. The highest BCUT2D eigenvalue weighted by molar-refractivity contribution is 5.81. The predicted molar refractivity (Wildman–Crippen MR) is 63.7 cm³/mol. The topological polar surface area (TPSA) is 84.2 Å². The van der Waals surface area contributed by atoms with Crippen LogP contribution in [0.2, 0.25) is 0 Å². The van der Waals surface area contributed by atoms with Crippen LogP contribution < -0.4 is 16.4 Å². The van der Waals surface area contributed by atoms with E-state index in [2.05, 4.69) is 10.6 Å². The lowest BCUT2D eigenvalue weighted by Gasteiger charge is -2.14. The monoisotopic (exact) mass is 229 g/mol. The minimum Gasteiger partial charge on any atom is -0.356 e. The second kappa shape index (κ2) is 8.10. The first-order valence-corrected chi connectivity index (χ1v) is 5.71. The van der Waals surface area contributed by atoms with E-state index in [0.29, 0.717) is 25.4 Å². The van der Waals surface area contributed by atoms with Crippen LogP contribution in [-0.4, -0.2) is 30.9 Å². The molecule has 0 aliphatic carbocycles. The third-order valence-electron chi connectivity index (χ3n) is 2.09. The van der Waals surface area contributed by atoms with Crippen molar-refractivity contribution in [2.45, 2.75) is 39.7 Å². The molecule has 0 aliphatic heterocycles. The summed E-state index contributed by atoms with van der Waals surface area (Å²) in [5, 5.41) is 5.41. The highest BCUT2D eigenvalue weighted by atomic mass is 16.2. The first-order chi connectivity index (χ1) is 7.43. The zero-order valence-electron chi connectivity index (χ0n) is 10.4. The number of nitrogens with one attached hydrogen (secondary N) is 2. The van der Waals surface area contributed by atoms with E-state index in [1.54, 1.807) is 0 Å². The molecule has 1 atom stereocenters. The maximum Gasteiger partial charge on any atom is 0.236 e. The molecular formula is C11H23N3O2. The van der Waals surface area contributed by atoms with Crippen molar-refractivity contribution < 1.29 is 9.59 Å². The zero-order chi connectivity index (χ0) is 12.6. The molecule has 0 aromatic rings. The van der Waals surface area contributed by atoms with Crippen molar-refractivity contribution in [2.24, 2.45) is 11.7 Å². The van der Waals surface area contributed by atoms with Gasteiger partial charge in [-0.3, -0.25) is 9.59 Å². The lowest BCUT2D eigenvalue weighted by atomic mass is 10.0. The summed E-state index contributed by atoms with van der Waals surface area (Å²) < 4.78 is 0. The molecule has 0 aliphatic rings. The van der Waals surface area contributed by atoms with Crippen LogP contribution in [0.4, 0.5) is 0 Å². The highest BCUT2D eigenvalue weighted by Crippen LogP contribution is 2.02. The standard InChI is InChI=1S/C11H23N3O2/c1-8(2)7-10(12)11(16)14-6-4-5-13-9(3)15/h8,10H,4-7,12H2,1-3H3,(H,13,15)(H,14,16)/t10-/m0/s1. The van der Waals surface area contributed by atoms with Gasteiger partial charge in [-0.25, -0.2) is 0 Å². The summed E-state index contributed by atoms with van der Waals surface area (Å²) in [6.45, 7) is 6.66. The van der Waals surface area contributed by atoms with Gasteiger partial charge in [0.1, 0.15) is 0 Å². The summed E-state index contributed by atoms with van der Waals surface area (Å²) in [4.78, 5) is 22.0. The van der Waals surface area contributed by atoms with Crippen LogP contribution >= 0.6 is 0 Å². The molecule has 0 fully saturated rings. The summed E-state index contributed by atoms with van der Waals surface area (Å²) >= 11 is 0. The van der Waals surface area contributed by atoms with Crippen molar-refractivity contribution in [2.75, 3.05) is 13.1 Å². The Morgan fingerprint density at radius 3 is 2.25 bits per heavy atom. The van der Waals surface area contributed by atoms with Crippen molar-refractivity contribution in [3.05, 3.63) is 0 Å². The molecule has 5 heteroatoms. The van der Waals surface area contributed by atoms with Crippen LogP contribution in [0.5, 0.6) is 0 Å². The Bertz CT molecular complexity index is 229. The van der Waals surface area contributed by atoms with E-state index in [1.165, 1.54) is 6.92 Å². The summed E-state index contributed by atoms with van der Waals surface area (Å²) in [6.07, 6.45) is 1.41. The number of carbonyl (C=O) groups excluding carboxylic acids is 2. The summed E-state index contributed by atoms with van der Waals surface area (Å²) in [5.74, 6) is 0.250. The van der Waals surface area contributed by atoms with Gasteiger partial charge in [0.2, 0.25) is 11.8 Å². The number of amides is 2. The first kappa shape index (κ1) is 14.9. The quantitative estimate of drug-likeness (QED) is 0.537. The van der Waals surface area contributed by atoms with Crippen molar-refractivity contribution in [3.63, 3.8) is 0 Å². The molecule has 0 unspecified atom stereocenters. The Morgan fingerprint density at radius 1 is 1.19 bits per heavy atom. The smallest absolute Gasteiger partial charge is 0.236 e. The molecule has 0 rings (SSSR count). The Hall–Kier alpha value is -1.10. The van der Waals surface area contributed by atoms with E-state index >= 15 is 0 Å². The van der Waals surface area contributed by atoms with Gasteiger partial charge in [-0.1, -0.05) is 13.8 Å². The molecule has 2 amide bonds. The van der Waals surface area contributed by atoms with Gasteiger partial charge in [0.15, 0.2) is 0 Å². The van der Waals surface area contributed by atoms with E-state index in [-0.39, 0.29) is 11.8 Å². The summed E-state index contributed by atoms with van der Waals surface area (Å²) in [7, 11) is 0. The van der Waals surface area contributed by atoms with Crippen LogP contribution in [0.15, 0.2) is 0 Å². The Kier molecular flexibility index (Phi) is 7.54. The van der Waals surface area contributed by atoms with Gasteiger partial charge >= 0.3 is 0 Å². The average Bonchev–Trinajstić information content (AvgIpc) is 2.15. The molecule has 0 heterocycles. The van der Waals surface area contributed by atoms with E-state index in [0.717, 1.165) is 6.42 Å². The zero-order valence-corrected chi connectivity index (χ0v) is 10.4. The second-order valence-electron chi connectivity index (χ2n) is 4.36. The van der Waals surface area contributed by atoms with Gasteiger partial charge in [-0.05, 0) is 18.8 Å². The molecule has 0 saturated heterocycles. The van der Waals surface area contributed by atoms with Gasteiger partial charge in [-0.2, -0.15) is 0 Å². The summed E-state index contributed by atoms with van der Waals surface area (Å²) in [6, 6.07) is -0.430. The van der Waals surface area contributed by atoms with Crippen molar-refractivity contribution in [3.8, 4) is 0 Å². The van der Waals surface area contributed by atoms with E-state index < -0.39 is 6.04 Å². The normalized spacial score (nSPS) is 12.3. The molecule has 0 aromatic heterocycles. The lowest BCUT2D eigenvalue weighted by molar-refractivity contribution is -0.122. The largest absolute Gasteiger partial charge is 0.356 e. The van der Waals surface area contributed by atoms with Gasteiger partial charge in [0, 0.05) is 20.0 Å². The van der Waals surface area contributed by atoms with Crippen LogP contribution in [0.3, 0.4) is 0 Å². The van der Waals surface area contributed by atoms with Gasteiger partial charge in [0.05, 0.1) is 6.04 Å². The van der Waals surface area contributed by atoms with Crippen LogP contribution in [0.1, 0.15) is 33.6 Å². The molecule has 0 spiro atoms. The lowest BCUT2D eigenvalue weighted by Crippen LogP contribution is -2.42. The molecular weight excluding hydrogens is 206 g/mol. The van der Waals surface area contributed by atoms with Crippen LogP contribution in [0, 0.1) is 5.92 Å². The molecule has 5 nitrogen and oxygen atoms in total. The average molecular weight is 229 g/mol. The molecule has 0 bridgehead atoms. The predicted octanol–water partition coefficient (Wildman–Crippen LogP) is 0.00220. The van der Waals surface area contributed by atoms with Crippen LogP contribution in [0.25, 0.3) is 0 Å². The van der Waals surface area contributed by atoms with Crippen molar-refractivity contribution in [1.82, 2.24) is 10.6 Å². The van der Waals surface area contributed by atoms with Crippen molar-refractivity contribution >= 4 is 11.8 Å². The summed E-state index contributed by atoms with van der Waals surface area (Å²) in [5.41, 5.74) is 5.70. The fourth-order valence-corrected chi connectivity index (χ4v) is 1.31. The number of hydrogen-bond donors (Lipinski definition) is 3.